The van der Waals surface area contributed by atoms with Gasteiger partial charge in [-0.05, 0) is 34.1 Å². The third-order valence-electron chi connectivity index (χ3n) is 3.24. The van der Waals surface area contributed by atoms with E-state index >= 15 is 0 Å². The average molecular weight is 228 g/mol. The van der Waals surface area contributed by atoms with Crippen molar-refractivity contribution in [3.8, 4) is 11.1 Å². The highest BCUT2D eigenvalue weighted by molar-refractivity contribution is 5.70. The number of aliphatic hydroxyl groups is 1. The van der Waals surface area contributed by atoms with E-state index in [0.29, 0.717) is 0 Å². The summed E-state index contributed by atoms with van der Waals surface area (Å²) >= 11 is 0. The molecule has 17 heavy (non-hydrogen) atoms. The zero-order valence-electron chi connectivity index (χ0n) is 10.8. The second-order valence-electron chi connectivity index (χ2n) is 5.57. The molecule has 1 N–H and O–H groups in total. The monoisotopic (exact) mass is 228 g/mol. The molecule has 0 saturated heterocycles. The largest absolute Gasteiger partial charge is 0.396 e. The molecule has 0 radical (unpaired) electrons. The van der Waals surface area contributed by atoms with E-state index in [4.69, 9.17) is 5.11 Å². The van der Waals surface area contributed by atoms with Crippen LogP contribution in [0.15, 0.2) is 36.4 Å². The molecule has 0 aromatic heterocycles. The lowest BCUT2D eigenvalue weighted by atomic mass is 9.88. The predicted molar refractivity (Wildman–Crippen MR) is 72.6 cm³/mol. The number of hydrogen-bond donors (Lipinski definition) is 1. The summed E-state index contributed by atoms with van der Waals surface area (Å²) in [5, 5.41) is 9.04. The van der Waals surface area contributed by atoms with Crippen molar-refractivity contribution in [1.82, 2.24) is 0 Å². The number of fused-ring (bicyclic) bond motifs is 1. The van der Waals surface area contributed by atoms with Gasteiger partial charge in [-0.25, -0.2) is 0 Å². The first-order valence-electron chi connectivity index (χ1n) is 6.15. The summed E-state index contributed by atoms with van der Waals surface area (Å²) < 4.78 is 0. The van der Waals surface area contributed by atoms with Gasteiger partial charge in [-0.1, -0.05) is 57.2 Å². The standard InChI is InChI=1S/C16H20O/c1-16(2,3)14-7-6-12-4-5-13(10-11-17)15(12)9-8-14/h4-9,17H,10-11H2,1-3H3. The van der Waals surface area contributed by atoms with Crippen LogP contribution in [0.4, 0.5) is 0 Å². The van der Waals surface area contributed by atoms with Gasteiger partial charge in [0, 0.05) is 6.61 Å². The topological polar surface area (TPSA) is 20.2 Å². The Morgan fingerprint density at radius 3 is 2.24 bits per heavy atom. The Morgan fingerprint density at radius 1 is 0.941 bits per heavy atom. The van der Waals surface area contributed by atoms with Crippen LogP contribution in [0.2, 0.25) is 0 Å². The third-order valence-corrected chi connectivity index (χ3v) is 3.24. The van der Waals surface area contributed by atoms with Crippen molar-refractivity contribution < 1.29 is 5.11 Å². The summed E-state index contributed by atoms with van der Waals surface area (Å²) in [5.74, 6) is 0. The summed E-state index contributed by atoms with van der Waals surface area (Å²) in [4.78, 5) is 0. The van der Waals surface area contributed by atoms with Crippen molar-refractivity contribution in [2.24, 2.45) is 0 Å². The van der Waals surface area contributed by atoms with Gasteiger partial charge in [0.1, 0.15) is 0 Å². The fourth-order valence-electron chi connectivity index (χ4n) is 2.15. The summed E-state index contributed by atoms with van der Waals surface area (Å²) in [7, 11) is 0. The van der Waals surface area contributed by atoms with E-state index < -0.39 is 0 Å². The Morgan fingerprint density at radius 2 is 1.59 bits per heavy atom. The van der Waals surface area contributed by atoms with E-state index in [1.54, 1.807) is 0 Å². The molecule has 0 spiro atoms. The van der Waals surface area contributed by atoms with E-state index in [0.717, 1.165) is 6.42 Å². The maximum Gasteiger partial charge on any atom is 0.0471 e. The highest BCUT2D eigenvalue weighted by Crippen LogP contribution is 2.30. The lowest BCUT2D eigenvalue weighted by molar-refractivity contribution is 0.300. The molecule has 0 aromatic rings. The van der Waals surface area contributed by atoms with Crippen LogP contribution in [-0.4, -0.2) is 11.7 Å². The van der Waals surface area contributed by atoms with Crippen molar-refractivity contribution in [3.05, 3.63) is 47.5 Å². The molecule has 2 aliphatic carbocycles. The van der Waals surface area contributed by atoms with Gasteiger partial charge < -0.3 is 5.11 Å². The summed E-state index contributed by atoms with van der Waals surface area (Å²) in [5.41, 5.74) is 5.26. The van der Waals surface area contributed by atoms with Crippen LogP contribution in [0.25, 0.3) is 11.1 Å². The molecule has 0 aliphatic heterocycles. The lowest BCUT2D eigenvalue weighted by Gasteiger charge is -2.17. The number of hydrogen-bond acceptors (Lipinski definition) is 1. The average Bonchev–Trinajstić information content (AvgIpc) is 2.49. The molecule has 0 amide bonds. The summed E-state index contributed by atoms with van der Waals surface area (Å²) in [6.07, 6.45) is 0.734. The Balaban J connectivity index is 2.49. The van der Waals surface area contributed by atoms with Gasteiger partial charge in [0.15, 0.2) is 0 Å². The molecule has 0 unspecified atom stereocenters. The molecule has 0 heterocycles. The highest BCUT2D eigenvalue weighted by Gasteiger charge is 2.14. The minimum absolute atomic E-state index is 0.174. The highest BCUT2D eigenvalue weighted by atomic mass is 16.2. The van der Waals surface area contributed by atoms with Gasteiger partial charge in [-0.2, -0.15) is 0 Å². The molecule has 0 aromatic carbocycles. The SMILES string of the molecule is CC(C)(C)c1ccc2ccc(CCO)c-2cc1. The molecule has 2 rings (SSSR count). The third kappa shape index (κ3) is 2.50. The second kappa shape index (κ2) is 4.50. The lowest BCUT2D eigenvalue weighted by Crippen LogP contribution is -2.09. The van der Waals surface area contributed by atoms with Crippen LogP contribution in [0, 0.1) is 0 Å². The maximum atomic E-state index is 9.04. The van der Waals surface area contributed by atoms with Crippen LogP contribution < -0.4 is 0 Å². The zero-order chi connectivity index (χ0) is 12.5. The van der Waals surface area contributed by atoms with E-state index in [9.17, 15) is 0 Å². The molecule has 0 atom stereocenters. The molecular formula is C16H20O. The van der Waals surface area contributed by atoms with E-state index in [2.05, 4.69) is 57.2 Å². The number of aliphatic hydroxyl groups excluding tert-OH is 1. The van der Waals surface area contributed by atoms with Crippen molar-refractivity contribution in [2.45, 2.75) is 32.6 Å². The van der Waals surface area contributed by atoms with Gasteiger partial charge in [0.05, 0.1) is 0 Å². The first-order chi connectivity index (χ1) is 8.02. The first kappa shape index (κ1) is 12.1. The van der Waals surface area contributed by atoms with Crippen LogP contribution in [0.5, 0.6) is 0 Å². The minimum Gasteiger partial charge on any atom is -0.396 e. The molecule has 2 aliphatic rings. The predicted octanol–water partition coefficient (Wildman–Crippen LogP) is 3.62. The smallest absolute Gasteiger partial charge is 0.0471 e. The van der Waals surface area contributed by atoms with Gasteiger partial charge >= 0.3 is 0 Å². The van der Waals surface area contributed by atoms with Crippen molar-refractivity contribution in [2.75, 3.05) is 6.61 Å². The van der Waals surface area contributed by atoms with E-state index in [-0.39, 0.29) is 12.0 Å². The van der Waals surface area contributed by atoms with E-state index in [1.807, 2.05) is 0 Å². The van der Waals surface area contributed by atoms with Crippen LogP contribution in [0.1, 0.15) is 31.9 Å². The molecule has 0 fully saturated rings. The van der Waals surface area contributed by atoms with Crippen LogP contribution in [-0.2, 0) is 11.8 Å². The maximum absolute atomic E-state index is 9.04. The van der Waals surface area contributed by atoms with Gasteiger partial charge in [-0.15, -0.1) is 0 Å². The quantitative estimate of drug-likeness (QED) is 0.832. The normalized spacial score (nSPS) is 12.0. The fraction of sp³-hybridized carbons (Fsp3) is 0.375. The Hall–Kier alpha value is -1.34. The first-order valence-corrected chi connectivity index (χ1v) is 6.15. The van der Waals surface area contributed by atoms with Crippen molar-refractivity contribution >= 4 is 0 Å². The molecule has 1 nitrogen and oxygen atoms in total. The molecule has 0 saturated carbocycles. The molecule has 0 bridgehead atoms. The van der Waals surface area contributed by atoms with Gasteiger partial charge in [0.25, 0.3) is 0 Å². The number of rotatable bonds is 2. The molecule has 90 valence electrons. The summed E-state index contributed by atoms with van der Waals surface area (Å²) in [6.45, 7) is 6.88. The Kier molecular flexibility index (Phi) is 3.21. The van der Waals surface area contributed by atoms with Crippen LogP contribution in [0.3, 0.4) is 0 Å². The van der Waals surface area contributed by atoms with Crippen molar-refractivity contribution in [1.29, 1.82) is 0 Å². The minimum atomic E-state index is 0.174. The zero-order valence-corrected chi connectivity index (χ0v) is 10.8. The van der Waals surface area contributed by atoms with Crippen LogP contribution >= 0.6 is 0 Å². The second-order valence-corrected chi connectivity index (χ2v) is 5.57. The molecule has 1 heteroatoms. The van der Waals surface area contributed by atoms with Gasteiger partial charge in [0.2, 0.25) is 0 Å². The van der Waals surface area contributed by atoms with Crippen molar-refractivity contribution in [3.63, 3.8) is 0 Å². The van der Waals surface area contributed by atoms with E-state index in [1.165, 1.54) is 22.3 Å². The summed E-state index contributed by atoms with van der Waals surface area (Å²) in [6, 6.07) is 13.0. The Bertz CT molecular complexity index is 480. The molecular weight excluding hydrogens is 208 g/mol. The fourth-order valence-corrected chi connectivity index (χ4v) is 2.15. The van der Waals surface area contributed by atoms with Gasteiger partial charge in [-0.3, -0.25) is 0 Å². The Labute approximate surface area is 103 Å².